The van der Waals surface area contributed by atoms with Crippen molar-refractivity contribution in [3.63, 3.8) is 0 Å². The van der Waals surface area contributed by atoms with Gasteiger partial charge in [0.15, 0.2) is 0 Å². The fourth-order valence-corrected chi connectivity index (χ4v) is 3.95. The second-order valence-corrected chi connectivity index (χ2v) is 9.38. The summed E-state index contributed by atoms with van der Waals surface area (Å²) in [6.07, 6.45) is 0.162. The second kappa shape index (κ2) is 13.5. The second-order valence-electron chi connectivity index (χ2n) is 7.77. The Bertz CT molecular complexity index is 862. The molecular formula is C24H31N3O4S. The molecule has 2 aromatic carbocycles. The van der Waals surface area contributed by atoms with Gasteiger partial charge in [-0.05, 0) is 16.4 Å². The average molecular weight is 458 g/mol. The zero-order valence-electron chi connectivity index (χ0n) is 18.4. The molecule has 0 bridgehead atoms. The van der Waals surface area contributed by atoms with E-state index in [0.717, 1.165) is 11.1 Å². The van der Waals surface area contributed by atoms with Crippen molar-refractivity contribution in [3.05, 3.63) is 71.8 Å². The molecule has 0 saturated heterocycles. The van der Waals surface area contributed by atoms with Crippen LogP contribution in [-0.2, 0) is 27.3 Å². The van der Waals surface area contributed by atoms with E-state index < -0.39 is 23.8 Å². The fourth-order valence-electron chi connectivity index (χ4n) is 3.06. The summed E-state index contributed by atoms with van der Waals surface area (Å²) < 4.78 is 0. The van der Waals surface area contributed by atoms with E-state index in [1.807, 2.05) is 74.5 Å². The molecule has 8 heteroatoms. The van der Waals surface area contributed by atoms with Gasteiger partial charge in [0.2, 0.25) is 17.7 Å². The molecule has 3 amide bonds. The van der Waals surface area contributed by atoms with Crippen molar-refractivity contribution in [1.29, 1.82) is 0 Å². The number of hydrogen-bond donors (Lipinski definition) is 4. The predicted octanol–water partition coefficient (Wildman–Crippen LogP) is 2.68. The van der Waals surface area contributed by atoms with E-state index in [-0.39, 0.29) is 17.6 Å². The van der Waals surface area contributed by atoms with Crippen LogP contribution in [0, 0.1) is 5.92 Å². The van der Waals surface area contributed by atoms with Crippen LogP contribution in [0.4, 0.5) is 0 Å². The maximum Gasteiger partial charge on any atom is 0.244 e. The van der Waals surface area contributed by atoms with Gasteiger partial charge in [0.05, 0.1) is 5.92 Å². The molecule has 0 heterocycles. The van der Waals surface area contributed by atoms with Crippen LogP contribution in [0.5, 0.6) is 0 Å². The van der Waals surface area contributed by atoms with E-state index in [1.165, 1.54) is 0 Å². The highest BCUT2D eigenvalue weighted by Gasteiger charge is 2.27. The zero-order chi connectivity index (χ0) is 23.3. The Labute approximate surface area is 193 Å². The minimum Gasteiger partial charge on any atom is -0.350 e. The lowest BCUT2D eigenvalue weighted by molar-refractivity contribution is -0.135. The van der Waals surface area contributed by atoms with Crippen LogP contribution in [0.25, 0.3) is 0 Å². The van der Waals surface area contributed by atoms with Crippen LogP contribution >= 0.6 is 11.8 Å². The Morgan fingerprint density at radius 2 is 1.50 bits per heavy atom. The lowest BCUT2D eigenvalue weighted by Gasteiger charge is -2.23. The Hall–Kier alpha value is -2.84. The van der Waals surface area contributed by atoms with Crippen molar-refractivity contribution >= 4 is 29.5 Å². The first-order chi connectivity index (χ1) is 15.4. The van der Waals surface area contributed by atoms with E-state index in [1.54, 1.807) is 17.2 Å². The van der Waals surface area contributed by atoms with E-state index in [0.29, 0.717) is 18.7 Å². The fraction of sp³-hybridized carbons (Fsp3) is 0.375. The first-order valence-electron chi connectivity index (χ1n) is 10.6. The number of benzene rings is 2. The molecule has 0 aliphatic carbocycles. The summed E-state index contributed by atoms with van der Waals surface area (Å²) in [4.78, 5) is 37.7. The van der Waals surface area contributed by atoms with Crippen molar-refractivity contribution in [3.8, 4) is 0 Å². The van der Waals surface area contributed by atoms with Gasteiger partial charge in [-0.3, -0.25) is 19.6 Å². The molecule has 0 aliphatic rings. The van der Waals surface area contributed by atoms with Gasteiger partial charge in [-0.25, -0.2) is 5.48 Å². The Balaban J connectivity index is 2.12. The summed E-state index contributed by atoms with van der Waals surface area (Å²) in [6.45, 7) is 4.35. The standard InChI is InChI=1S/C24H31N3O4S/c1-17(2)32-16-20(14-22(28)27-31)23(29)26-21(13-18-9-5-3-6-10-18)24(30)25-15-19-11-7-4-8-12-19/h3-12,17,20-21,31H,13-16H2,1-2H3,(H,25,30)(H,26,29)(H,27,28)/t20-,21-/m0/s1. The summed E-state index contributed by atoms with van der Waals surface area (Å²) in [5.41, 5.74) is 3.45. The van der Waals surface area contributed by atoms with Gasteiger partial charge < -0.3 is 10.6 Å². The number of nitrogens with one attached hydrogen (secondary N) is 3. The minimum absolute atomic E-state index is 0.161. The van der Waals surface area contributed by atoms with Crippen molar-refractivity contribution in [2.45, 2.75) is 44.5 Å². The molecule has 172 valence electrons. The Kier molecular flexibility index (Phi) is 10.8. The molecule has 0 unspecified atom stereocenters. The van der Waals surface area contributed by atoms with Gasteiger partial charge in [-0.1, -0.05) is 74.5 Å². The number of hydroxylamine groups is 1. The third-order valence-electron chi connectivity index (χ3n) is 4.78. The summed E-state index contributed by atoms with van der Waals surface area (Å²) in [5.74, 6) is -1.59. The van der Waals surface area contributed by atoms with Crippen molar-refractivity contribution in [1.82, 2.24) is 16.1 Å². The molecule has 0 spiro atoms. The highest BCUT2D eigenvalue weighted by atomic mass is 32.2. The van der Waals surface area contributed by atoms with Crippen LogP contribution in [0.3, 0.4) is 0 Å². The van der Waals surface area contributed by atoms with Crippen LogP contribution in [-0.4, -0.2) is 40.0 Å². The summed E-state index contributed by atoms with van der Waals surface area (Å²) >= 11 is 1.54. The molecule has 32 heavy (non-hydrogen) atoms. The van der Waals surface area contributed by atoms with Crippen molar-refractivity contribution < 1.29 is 19.6 Å². The number of thioether (sulfide) groups is 1. The normalized spacial score (nSPS) is 12.6. The van der Waals surface area contributed by atoms with E-state index in [4.69, 9.17) is 5.21 Å². The Morgan fingerprint density at radius 3 is 2.06 bits per heavy atom. The summed E-state index contributed by atoms with van der Waals surface area (Å²) in [5, 5.41) is 14.9. The van der Waals surface area contributed by atoms with Gasteiger partial charge in [0, 0.05) is 25.1 Å². The molecule has 0 aromatic heterocycles. The SMILES string of the molecule is CC(C)SC[C@H](CC(=O)NO)C(=O)N[C@@H](Cc1ccccc1)C(=O)NCc1ccccc1. The summed E-state index contributed by atoms with van der Waals surface area (Å²) in [7, 11) is 0. The third-order valence-corrected chi connectivity index (χ3v) is 6.04. The third kappa shape index (κ3) is 9.11. The molecular weight excluding hydrogens is 426 g/mol. The predicted molar refractivity (Wildman–Crippen MR) is 126 cm³/mol. The monoisotopic (exact) mass is 457 g/mol. The highest BCUT2D eigenvalue weighted by Crippen LogP contribution is 2.18. The average Bonchev–Trinajstić information content (AvgIpc) is 2.80. The maximum atomic E-state index is 13.0. The maximum absolute atomic E-state index is 13.0. The first-order valence-corrected chi connectivity index (χ1v) is 11.6. The quantitative estimate of drug-likeness (QED) is 0.290. The van der Waals surface area contributed by atoms with Crippen LogP contribution in [0.15, 0.2) is 60.7 Å². The topological polar surface area (TPSA) is 108 Å². The molecule has 0 saturated carbocycles. The number of carbonyl (C=O) groups is 3. The van der Waals surface area contributed by atoms with Gasteiger partial charge in [0.25, 0.3) is 0 Å². The highest BCUT2D eigenvalue weighted by molar-refractivity contribution is 7.99. The summed E-state index contributed by atoms with van der Waals surface area (Å²) in [6, 6.07) is 18.2. The van der Waals surface area contributed by atoms with Gasteiger partial charge >= 0.3 is 0 Å². The lowest BCUT2D eigenvalue weighted by Crippen LogP contribution is -2.50. The molecule has 2 rings (SSSR count). The number of amides is 3. The zero-order valence-corrected chi connectivity index (χ0v) is 19.2. The van der Waals surface area contributed by atoms with Gasteiger partial charge in [-0.15, -0.1) is 0 Å². The van der Waals surface area contributed by atoms with E-state index in [2.05, 4.69) is 10.6 Å². The smallest absolute Gasteiger partial charge is 0.244 e. The molecule has 4 N–H and O–H groups in total. The molecule has 7 nitrogen and oxygen atoms in total. The molecule has 0 radical (unpaired) electrons. The minimum atomic E-state index is -0.794. The molecule has 2 aromatic rings. The first kappa shape index (κ1) is 25.4. The number of carbonyl (C=O) groups excluding carboxylic acids is 3. The van der Waals surface area contributed by atoms with Gasteiger partial charge in [0.1, 0.15) is 6.04 Å². The number of hydrogen-bond acceptors (Lipinski definition) is 5. The van der Waals surface area contributed by atoms with E-state index >= 15 is 0 Å². The van der Waals surface area contributed by atoms with Crippen LogP contribution in [0.1, 0.15) is 31.4 Å². The van der Waals surface area contributed by atoms with Gasteiger partial charge in [-0.2, -0.15) is 11.8 Å². The molecule has 0 fully saturated rings. The van der Waals surface area contributed by atoms with Crippen molar-refractivity contribution in [2.75, 3.05) is 5.75 Å². The van der Waals surface area contributed by atoms with E-state index in [9.17, 15) is 14.4 Å². The largest absolute Gasteiger partial charge is 0.350 e. The van der Waals surface area contributed by atoms with Crippen molar-refractivity contribution in [2.24, 2.45) is 5.92 Å². The molecule has 0 aliphatic heterocycles. The van der Waals surface area contributed by atoms with Crippen LogP contribution < -0.4 is 16.1 Å². The van der Waals surface area contributed by atoms with Crippen LogP contribution in [0.2, 0.25) is 0 Å². The molecule has 2 atom stereocenters. The lowest BCUT2D eigenvalue weighted by atomic mass is 10.0. The number of rotatable bonds is 12. The Morgan fingerprint density at radius 1 is 0.906 bits per heavy atom.